The van der Waals surface area contributed by atoms with Gasteiger partial charge in [0.25, 0.3) is 0 Å². The lowest BCUT2D eigenvalue weighted by Gasteiger charge is -2.43. The molecule has 0 radical (unpaired) electrons. The molecule has 1 spiro atoms. The molecule has 0 N–H and O–H groups in total. The quantitative estimate of drug-likeness (QED) is 0.393. The number of ether oxygens (including phenoxy) is 1. The molecule has 172 valence electrons. The molecule has 7 nitrogen and oxygen atoms in total. The van der Waals surface area contributed by atoms with E-state index in [4.69, 9.17) is 4.74 Å². The molecule has 4 heterocycles. The highest BCUT2D eigenvalue weighted by Gasteiger charge is 2.51. The summed E-state index contributed by atoms with van der Waals surface area (Å²) in [5.74, 6) is 0. The van der Waals surface area contributed by atoms with Gasteiger partial charge < -0.3 is 9.30 Å². The number of amides is 1. The molecule has 2 atom stereocenters. The summed E-state index contributed by atoms with van der Waals surface area (Å²) in [7, 11) is 0. The Balaban J connectivity index is 1.22. The highest BCUT2D eigenvalue weighted by Crippen LogP contribution is 2.47. The molecule has 4 aromatic rings. The van der Waals surface area contributed by atoms with Crippen LogP contribution < -0.4 is 0 Å². The summed E-state index contributed by atoms with van der Waals surface area (Å²) >= 11 is 1.61. The molecule has 1 saturated heterocycles. The lowest BCUT2D eigenvalue weighted by atomic mass is 9.68. The Hall–Kier alpha value is -3.44. The molecule has 1 amide bonds. The number of aromatic nitrogens is 3. The van der Waals surface area contributed by atoms with E-state index >= 15 is 0 Å². The van der Waals surface area contributed by atoms with Crippen molar-refractivity contribution in [3.63, 3.8) is 0 Å². The molecule has 34 heavy (non-hydrogen) atoms. The number of nitriles is 1. The monoisotopic (exact) mass is 471 g/mol. The summed E-state index contributed by atoms with van der Waals surface area (Å²) in [5.41, 5.74) is 3.13. The van der Waals surface area contributed by atoms with Gasteiger partial charge in [-0.15, -0.1) is 11.3 Å². The van der Waals surface area contributed by atoms with Gasteiger partial charge in [0.15, 0.2) is 0 Å². The highest BCUT2D eigenvalue weighted by molar-refractivity contribution is 7.16. The zero-order chi connectivity index (χ0) is 23.3. The van der Waals surface area contributed by atoms with Crippen molar-refractivity contribution in [2.24, 2.45) is 5.41 Å². The normalized spacial score (nSPS) is 24.7. The molecule has 2 fully saturated rings. The lowest BCUT2D eigenvalue weighted by molar-refractivity contribution is -0.0270. The maximum absolute atomic E-state index is 12.9. The maximum Gasteiger partial charge on any atom is 0.410 e. The van der Waals surface area contributed by atoms with Gasteiger partial charge in [0.2, 0.25) is 0 Å². The van der Waals surface area contributed by atoms with Crippen molar-refractivity contribution in [1.82, 2.24) is 19.4 Å². The smallest absolute Gasteiger partial charge is 0.410 e. The molecule has 0 unspecified atom stereocenters. The zero-order valence-corrected chi connectivity index (χ0v) is 19.8. The summed E-state index contributed by atoms with van der Waals surface area (Å²) in [6.07, 6.45) is 7.21. The molecule has 3 aromatic heterocycles. The minimum Gasteiger partial charge on any atom is -0.441 e. The van der Waals surface area contributed by atoms with Gasteiger partial charge >= 0.3 is 6.09 Å². The van der Waals surface area contributed by atoms with Crippen LogP contribution in [0.5, 0.6) is 0 Å². The summed E-state index contributed by atoms with van der Waals surface area (Å²) in [4.78, 5) is 24.7. The number of nitrogens with zero attached hydrogens (tertiary/aromatic N) is 5. The first kappa shape index (κ1) is 21.1. The summed E-state index contributed by atoms with van der Waals surface area (Å²) in [6.45, 7) is 4.22. The van der Waals surface area contributed by atoms with Crippen LogP contribution in [0.25, 0.3) is 21.3 Å². The van der Waals surface area contributed by atoms with Gasteiger partial charge in [-0.1, -0.05) is 13.0 Å². The van der Waals surface area contributed by atoms with Crippen LogP contribution in [0.2, 0.25) is 0 Å². The number of hydrogen-bond donors (Lipinski definition) is 0. The Kier molecular flexibility index (Phi) is 4.85. The molecule has 6 rings (SSSR count). The minimum absolute atomic E-state index is 0.0379. The van der Waals surface area contributed by atoms with E-state index in [-0.39, 0.29) is 11.5 Å². The second kappa shape index (κ2) is 7.81. The predicted octanol–water partition coefficient (Wildman–Crippen LogP) is 5.49. The number of thiophene rings is 1. The fourth-order valence-electron chi connectivity index (χ4n) is 5.87. The average molecular weight is 472 g/mol. The van der Waals surface area contributed by atoms with E-state index in [1.165, 1.54) is 0 Å². The molecule has 1 aliphatic heterocycles. The van der Waals surface area contributed by atoms with Crippen LogP contribution in [-0.4, -0.2) is 37.7 Å². The number of benzene rings is 1. The van der Waals surface area contributed by atoms with Crippen molar-refractivity contribution in [3.8, 4) is 6.07 Å². The Bertz CT molecular complexity index is 1450. The van der Waals surface area contributed by atoms with Crippen LogP contribution in [-0.2, 0) is 17.8 Å². The van der Waals surface area contributed by atoms with Crippen molar-refractivity contribution >= 4 is 38.7 Å². The molecule has 1 aliphatic carbocycles. The SMILES string of the molecule is C[C@]1(Cn2cnc3ccc(C#N)cc32)CCC[C@@]2(CN(Cc3csc4ncccc34)C(=O)O2)C1. The molecule has 0 bridgehead atoms. The highest BCUT2D eigenvalue weighted by atomic mass is 32.1. The van der Waals surface area contributed by atoms with Crippen LogP contribution in [0.4, 0.5) is 4.79 Å². The van der Waals surface area contributed by atoms with Crippen molar-refractivity contribution in [2.45, 2.75) is 51.3 Å². The Morgan fingerprint density at radius 2 is 2.18 bits per heavy atom. The minimum atomic E-state index is -0.456. The van der Waals surface area contributed by atoms with Crippen molar-refractivity contribution in [2.75, 3.05) is 6.54 Å². The second-order valence-corrected chi connectivity index (χ2v) is 10.9. The standard InChI is InChI=1S/C26H25N5O2S/c1-25(15-31-17-29-21-6-5-18(11-27)10-22(21)31)7-3-8-26(14-25)16-30(24(32)33-26)12-19-13-34-23-20(19)4-2-9-28-23/h2,4-6,9-10,13,17H,3,7-8,12,14-16H2,1H3/t25-,26-/m0/s1. The largest absolute Gasteiger partial charge is 0.441 e. The van der Waals surface area contributed by atoms with Gasteiger partial charge in [0.05, 0.1) is 42.1 Å². The topological polar surface area (TPSA) is 84.0 Å². The second-order valence-electron chi connectivity index (χ2n) is 10.1. The fourth-order valence-corrected chi connectivity index (χ4v) is 6.78. The van der Waals surface area contributed by atoms with Crippen LogP contribution in [0.3, 0.4) is 0 Å². The lowest BCUT2D eigenvalue weighted by Crippen LogP contribution is -2.44. The van der Waals surface area contributed by atoms with Gasteiger partial charge in [-0.3, -0.25) is 4.90 Å². The number of pyridine rings is 1. The molecule has 8 heteroatoms. The summed E-state index contributed by atoms with van der Waals surface area (Å²) in [6, 6.07) is 11.8. The Labute approximate surface area is 201 Å². The first-order valence-corrected chi connectivity index (χ1v) is 12.5. The van der Waals surface area contributed by atoms with E-state index in [0.717, 1.165) is 59.0 Å². The van der Waals surface area contributed by atoms with E-state index in [2.05, 4.69) is 39.0 Å². The first-order chi connectivity index (χ1) is 16.5. The van der Waals surface area contributed by atoms with Crippen LogP contribution in [0.15, 0.2) is 48.2 Å². The third-order valence-corrected chi connectivity index (χ3v) is 8.25. The van der Waals surface area contributed by atoms with E-state index in [1.54, 1.807) is 23.6 Å². The van der Waals surface area contributed by atoms with Crippen molar-refractivity contribution in [3.05, 3.63) is 59.4 Å². The van der Waals surface area contributed by atoms with E-state index in [0.29, 0.717) is 18.7 Å². The first-order valence-electron chi connectivity index (χ1n) is 11.6. The Morgan fingerprint density at radius 1 is 1.26 bits per heavy atom. The van der Waals surface area contributed by atoms with Crippen molar-refractivity contribution < 1.29 is 9.53 Å². The Morgan fingerprint density at radius 3 is 3.06 bits per heavy atom. The third-order valence-electron chi connectivity index (χ3n) is 7.30. The molecule has 1 aromatic carbocycles. The van der Waals surface area contributed by atoms with Crippen LogP contribution >= 0.6 is 11.3 Å². The average Bonchev–Trinajstić information content (AvgIpc) is 3.50. The number of carbonyl (C=O) groups excluding carboxylic acids is 1. The van der Waals surface area contributed by atoms with Crippen molar-refractivity contribution in [1.29, 1.82) is 5.26 Å². The maximum atomic E-state index is 12.9. The summed E-state index contributed by atoms with van der Waals surface area (Å²) < 4.78 is 8.26. The third kappa shape index (κ3) is 3.61. The number of rotatable bonds is 4. The van der Waals surface area contributed by atoms with Gasteiger partial charge in [-0.05, 0) is 66.3 Å². The predicted molar refractivity (Wildman–Crippen MR) is 130 cm³/mol. The van der Waals surface area contributed by atoms with Gasteiger partial charge in [-0.2, -0.15) is 5.26 Å². The van der Waals surface area contributed by atoms with Gasteiger partial charge in [0.1, 0.15) is 10.4 Å². The fraction of sp³-hybridized carbons (Fsp3) is 0.385. The zero-order valence-electron chi connectivity index (χ0n) is 19.0. The van der Waals surface area contributed by atoms with Crippen LogP contribution in [0, 0.1) is 16.7 Å². The van der Waals surface area contributed by atoms with E-state index < -0.39 is 5.60 Å². The number of hydrogen-bond acceptors (Lipinski definition) is 6. The van der Waals surface area contributed by atoms with Gasteiger partial charge in [0, 0.05) is 18.1 Å². The van der Waals surface area contributed by atoms with Gasteiger partial charge in [-0.25, -0.2) is 14.8 Å². The number of imidazole rings is 1. The summed E-state index contributed by atoms with van der Waals surface area (Å²) in [5, 5.41) is 12.5. The molecular weight excluding hydrogens is 446 g/mol. The van der Waals surface area contributed by atoms with E-state index in [9.17, 15) is 10.1 Å². The van der Waals surface area contributed by atoms with E-state index in [1.807, 2.05) is 29.4 Å². The number of carbonyl (C=O) groups is 1. The molecule has 2 aliphatic rings. The number of fused-ring (bicyclic) bond motifs is 2. The van der Waals surface area contributed by atoms with Crippen LogP contribution in [0.1, 0.15) is 43.7 Å². The molecule has 1 saturated carbocycles. The molecular formula is C26H25N5O2S.